The number of phenols is 1. The quantitative estimate of drug-likeness (QED) is 0.291. The van der Waals surface area contributed by atoms with Gasteiger partial charge in [0.05, 0.1) is 36.0 Å². The Morgan fingerprint density at radius 1 is 1.03 bits per heavy atom. The molecule has 1 aliphatic rings. The number of phenolic OH excluding ortho intramolecular Hbond substituents is 1. The number of anilines is 1. The molecule has 0 aromatic heterocycles. The number of Topliss-reactive ketones (excluding diaryl/α,β-unsaturated/α-hetero) is 1. The maximum absolute atomic E-state index is 13.3. The van der Waals surface area contributed by atoms with Gasteiger partial charge in [-0.05, 0) is 55.0 Å². The first kappa shape index (κ1) is 23.2. The SMILES string of the molecule is CCOc1ccc(Cl)c(/C(O)=C2\C(=O)C(=O)N(c3ccccc3O)C2c2cccc(OC)c2)c1. The van der Waals surface area contributed by atoms with Crippen molar-refractivity contribution < 1.29 is 29.3 Å². The molecule has 4 rings (SSSR count). The zero-order valence-electron chi connectivity index (χ0n) is 18.5. The van der Waals surface area contributed by atoms with E-state index in [1.165, 1.54) is 25.3 Å². The van der Waals surface area contributed by atoms with E-state index in [4.69, 9.17) is 21.1 Å². The Labute approximate surface area is 201 Å². The highest BCUT2D eigenvalue weighted by molar-refractivity contribution is 6.52. The van der Waals surface area contributed by atoms with Crippen LogP contribution in [0, 0.1) is 0 Å². The highest BCUT2D eigenvalue weighted by Crippen LogP contribution is 2.45. The molecule has 34 heavy (non-hydrogen) atoms. The summed E-state index contributed by atoms with van der Waals surface area (Å²) in [5.41, 5.74) is 0.610. The van der Waals surface area contributed by atoms with Crippen LogP contribution in [-0.4, -0.2) is 35.6 Å². The molecule has 0 saturated carbocycles. The molecule has 3 aromatic carbocycles. The minimum atomic E-state index is -1.05. The zero-order chi connectivity index (χ0) is 24.4. The van der Waals surface area contributed by atoms with Gasteiger partial charge in [-0.15, -0.1) is 0 Å². The second-order valence-electron chi connectivity index (χ2n) is 7.51. The molecule has 7 nitrogen and oxygen atoms in total. The van der Waals surface area contributed by atoms with Gasteiger partial charge in [0.1, 0.15) is 23.0 Å². The van der Waals surface area contributed by atoms with Gasteiger partial charge in [-0.2, -0.15) is 0 Å². The Hall–Kier alpha value is -3.97. The smallest absolute Gasteiger partial charge is 0.300 e. The summed E-state index contributed by atoms with van der Waals surface area (Å²) in [6.45, 7) is 2.21. The van der Waals surface area contributed by atoms with Gasteiger partial charge < -0.3 is 19.7 Å². The van der Waals surface area contributed by atoms with E-state index >= 15 is 0 Å². The third kappa shape index (κ3) is 4.06. The molecule has 3 aromatic rings. The first-order valence-electron chi connectivity index (χ1n) is 10.5. The number of para-hydroxylation sites is 2. The summed E-state index contributed by atoms with van der Waals surface area (Å²) in [6.07, 6.45) is 0. The van der Waals surface area contributed by atoms with Gasteiger partial charge in [-0.3, -0.25) is 14.5 Å². The van der Waals surface area contributed by atoms with Crippen molar-refractivity contribution >= 4 is 34.7 Å². The lowest BCUT2D eigenvalue weighted by Crippen LogP contribution is -2.29. The second-order valence-corrected chi connectivity index (χ2v) is 7.92. The molecule has 1 aliphatic heterocycles. The molecule has 1 fully saturated rings. The number of nitrogens with zero attached hydrogens (tertiary/aromatic N) is 1. The molecule has 0 radical (unpaired) electrons. The standard InChI is InChI=1S/C26H22ClNO6/c1-3-34-17-11-12-19(27)18(14-17)24(30)22-23(15-7-6-8-16(13-15)33-2)28(26(32)25(22)31)20-9-4-5-10-21(20)29/h4-14,23,29-30H,3H2,1-2H3/b24-22+. The number of methoxy groups -OCH3 is 1. The van der Waals surface area contributed by atoms with E-state index in [1.54, 1.807) is 48.5 Å². The summed E-state index contributed by atoms with van der Waals surface area (Å²) in [4.78, 5) is 27.7. The first-order chi connectivity index (χ1) is 16.4. The van der Waals surface area contributed by atoms with Crippen LogP contribution in [0.3, 0.4) is 0 Å². The summed E-state index contributed by atoms with van der Waals surface area (Å²) in [6, 6.07) is 16.6. The third-order valence-electron chi connectivity index (χ3n) is 5.50. The van der Waals surface area contributed by atoms with Crippen LogP contribution < -0.4 is 14.4 Å². The number of aliphatic hydroxyl groups excluding tert-OH is 1. The Kier molecular flexibility index (Phi) is 6.47. The maximum atomic E-state index is 13.3. The number of ketones is 1. The fraction of sp³-hybridized carbons (Fsp3) is 0.154. The van der Waals surface area contributed by atoms with Crippen LogP contribution in [0.25, 0.3) is 5.76 Å². The lowest BCUT2D eigenvalue weighted by Gasteiger charge is -2.26. The molecule has 8 heteroatoms. The molecule has 1 heterocycles. The molecule has 0 aliphatic carbocycles. The summed E-state index contributed by atoms with van der Waals surface area (Å²) >= 11 is 6.35. The number of ether oxygens (including phenoxy) is 2. The lowest BCUT2D eigenvalue weighted by molar-refractivity contribution is -0.132. The van der Waals surface area contributed by atoms with Crippen molar-refractivity contribution in [2.75, 3.05) is 18.6 Å². The number of rotatable bonds is 6. The van der Waals surface area contributed by atoms with E-state index in [0.29, 0.717) is 23.7 Å². The molecule has 1 unspecified atom stereocenters. The number of hydrogen-bond donors (Lipinski definition) is 2. The van der Waals surface area contributed by atoms with Crippen LogP contribution in [-0.2, 0) is 9.59 Å². The largest absolute Gasteiger partial charge is 0.507 e. The van der Waals surface area contributed by atoms with E-state index in [0.717, 1.165) is 4.90 Å². The molecule has 1 saturated heterocycles. The lowest BCUT2D eigenvalue weighted by atomic mass is 9.94. The van der Waals surface area contributed by atoms with Crippen LogP contribution in [0.2, 0.25) is 5.02 Å². The van der Waals surface area contributed by atoms with Crippen molar-refractivity contribution in [3.63, 3.8) is 0 Å². The van der Waals surface area contributed by atoms with Crippen molar-refractivity contribution in [3.8, 4) is 17.2 Å². The molecular formula is C26H22ClNO6. The van der Waals surface area contributed by atoms with E-state index in [2.05, 4.69) is 0 Å². The van der Waals surface area contributed by atoms with E-state index in [9.17, 15) is 19.8 Å². The van der Waals surface area contributed by atoms with Crippen LogP contribution in [0.5, 0.6) is 17.2 Å². The van der Waals surface area contributed by atoms with Gasteiger partial charge in [0, 0.05) is 5.56 Å². The van der Waals surface area contributed by atoms with Crippen LogP contribution >= 0.6 is 11.6 Å². The summed E-state index contributed by atoms with van der Waals surface area (Å²) in [5.74, 6) is -1.50. The van der Waals surface area contributed by atoms with Crippen LogP contribution in [0.1, 0.15) is 24.1 Å². The number of aromatic hydroxyl groups is 1. The molecule has 0 bridgehead atoms. The number of halogens is 1. The van der Waals surface area contributed by atoms with Gasteiger partial charge in [0.2, 0.25) is 0 Å². The van der Waals surface area contributed by atoms with Crippen molar-refractivity contribution in [2.24, 2.45) is 0 Å². The highest BCUT2D eigenvalue weighted by atomic mass is 35.5. The van der Waals surface area contributed by atoms with Crippen molar-refractivity contribution in [1.29, 1.82) is 0 Å². The first-order valence-corrected chi connectivity index (χ1v) is 10.9. The molecule has 2 N–H and O–H groups in total. The Morgan fingerprint density at radius 3 is 2.50 bits per heavy atom. The topological polar surface area (TPSA) is 96.3 Å². The average molecular weight is 480 g/mol. The monoisotopic (exact) mass is 479 g/mol. The predicted molar refractivity (Wildman–Crippen MR) is 129 cm³/mol. The fourth-order valence-corrected chi connectivity index (χ4v) is 4.17. The van der Waals surface area contributed by atoms with Crippen molar-refractivity contribution in [2.45, 2.75) is 13.0 Å². The molecule has 0 spiro atoms. The predicted octanol–water partition coefficient (Wildman–Crippen LogP) is 5.08. The van der Waals surface area contributed by atoms with Gasteiger partial charge in [-0.1, -0.05) is 35.9 Å². The van der Waals surface area contributed by atoms with Gasteiger partial charge in [0.15, 0.2) is 0 Å². The van der Waals surface area contributed by atoms with E-state index < -0.39 is 23.5 Å². The number of aliphatic hydroxyl groups is 1. The zero-order valence-corrected chi connectivity index (χ0v) is 19.2. The highest BCUT2D eigenvalue weighted by Gasteiger charge is 2.48. The van der Waals surface area contributed by atoms with Crippen LogP contribution in [0.15, 0.2) is 72.3 Å². The summed E-state index contributed by atoms with van der Waals surface area (Å²) < 4.78 is 10.8. The van der Waals surface area contributed by atoms with E-state index in [-0.39, 0.29) is 27.6 Å². The molecule has 174 valence electrons. The number of amides is 1. The Bertz CT molecular complexity index is 1300. The van der Waals surface area contributed by atoms with E-state index in [1.807, 2.05) is 6.92 Å². The number of carbonyl (C=O) groups is 2. The summed E-state index contributed by atoms with van der Waals surface area (Å²) in [7, 11) is 1.50. The molecule has 1 atom stereocenters. The fourth-order valence-electron chi connectivity index (χ4n) is 3.96. The molecule has 1 amide bonds. The Balaban J connectivity index is 1.99. The van der Waals surface area contributed by atoms with Crippen molar-refractivity contribution in [3.05, 3.63) is 88.5 Å². The normalized spacial score (nSPS) is 17.1. The van der Waals surface area contributed by atoms with Crippen LogP contribution in [0.4, 0.5) is 5.69 Å². The second kappa shape index (κ2) is 9.49. The number of benzene rings is 3. The van der Waals surface area contributed by atoms with Crippen molar-refractivity contribution in [1.82, 2.24) is 0 Å². The molecular weight excluding hydrogens is 458 g/mol. The minimum absolute atomic E-state index is 0.130. The average Bonchev–Trinajstić information content (AvgIpc) is 3.10. The maximum Gasteiger partial charge on any atom is 0.300 e. The Morgan fingerprint density at radius 2 is 1.79 bits per heavy atom. The minimum Gasteiger partial charge on any atom is -0.507 e. The number of hydrogen-bond acceptors (Lipinski definition) is 6. The summed E-state index contributed by atoms with van der Waals surface area (Å²) in [5, 5.41) is 22.0. The van der Waals surface area contributed by atoms with Gasteiger partial charge in [-0.25, -0.2) is 0 Å². The van der Waals surface area contributed by atoms with Gasteiger partial charge >= 0.3 is 0 Å². The third-order valence-corrected chi connectivity index (χ3v) is 5.83. The number of carbonyl (C=O) groups excluding carboxylic acids is 2. The van der Waals surface area contributed by atoms with Gasteiger partial charge in [0.25, 0.3) is 11.7 Å².